The van der Waals surface area contributed by atoms with Gasteiger partial charge in [-0.3, -0.25) is 11.3 Å². The van der Waals surface area contributed by atoms with Crippen molar-refractivity contribution >= 4 is 11.6 Å². The van der Waals surface area contributed by atoms with Crippen LogP contribution < -0.4 is 11.3 Å². The number of hydrogen-bond acceptors (Lipinski definition) is 2. The third-order valence-corrected chi connectivity index (χ3v) is 3.81. The molecule has 1 aromatic carbocycles. The second kappa shape index (κ2) is 9.29. The maximum atomic E-state index is 13.3. The molecule has 0 aliphatic carbocycles. The highest BCUT2D eigenvalue weighted by molar-refractivity contribution is 6.31. The van der Waals surface area contributed by atoms with Crippen LogP contribution in [0, 0.1) is 5.82 Å². The lowest BCUT2D eigenvalue weighted by atomic mass is 10.00. The fourth-order valence-corrected chi connectivity index (χ4v) is 2.41. The molecule has 0 saturated carbocycles. The minimum atomic E-state index is -0.363. The van der Waals surface area contributed by atoms with Gasteiger partial charge >= 0.3 is 0 Å². The molecule has 0 fully saturated rings. The molecule has 19 heavy (non-hydrogen) atoms. The molecule has 1 rings (SSSR count). The van der Waals surface area contributed by atoms with Crippen LogP contribution in [0.4, 0.5) is 4.39 Å². The number of benzene rings is 1. The van der Waals surface area contributed by atoms with Gasteiger partial charge < -0.3 is 0 Å². The monoisotopic (exact) mass is 286 g/mol. The Balaban J connectivity index is 2.41. The van der Waals surface area contributed by atoms with Gasteiger partial charge in [0.1, 0.15) is 5.82 Å². The highest BCUT2D eigenvalue weighted by atomic mass is 35.5. The molecule has 1 aromatic rings. The van der Waals surface area contributed by atoms with Crippen molar-refractivity contribution in [3.05, 3.63) is 34.6 Å². The Morgan fingerprint density at radius 3 is 2.68 bits per heavy atom. The predicted octanol–water partition coefficient (Wildman–Crippen LogP) is 4.21. The fourth-order valence-electron chi connectivity index (χ4n) is 2.21. The largest absolute Gasteiger partial charge is 0.271 e. The molecule has 2 nitrogen and oxygen atoms in total. The van der Waals surface area contributed by atoms with Gasteiger partial charge in [0.25, 0.3) is 0 Å². The Bertz CT molecular complexity index is 371. The molecule has 108 valence electrons. The summed E-state index contributed by atoms with van der Waals surface area (Å²) in [6, 6.07) is 5.07. The number of unbranched alkanes of at least 4 members (excludes halogenated alkanes) is 4. The predicted molar refractivity (Wildman–Crippen MR) is 79.6 cm³/mol. The topological polar surface area (TPSA) is 38.0 Å². The fraction of sp³-hybridized carbons (Fsp3) is 0.600. The molecule has 0 saturated heterocycles. The van der Waals surface area contributed by atoms with Crippen LogP contribution in [0.1, 0.15) is 51.0 Å². The van der Waals surface area contributed by atoms with E-state index in [9.17, 15) is 4.39 Å². The van der Waals surface area contributed by atoms with E-state index in [4.69, 9.17) is 17.4 Å². The van der Waals surface area contributed by atoms with Crippen LogP contribution in [-0.4, -0.2) is 6.04 Å². The Morgan fingerprint density at radius 2 is 2.00 bits per heavy atom. The van der Waals surface area contributed by atoms with E-state index >= 15 is 0 Å². The van der Waals surface area contributed by atoms with Gasteiger partial charge in [0.15, 0.2) is 0 Å². The Hall–Kier alpha value is -0.640. The highest BCUT2D eigenvalue weighted by Gasteiger charge is 2.12. The smallest absolute Gasteiger partial charge is 0.142 e. The summed E-state index contributed by atoms with van der Waals surface area (Å²) in [5, 5.41) is 0.216. The minimum absolute atomic E-state index is 0.154. The van der Waals surface area contributed by atoms with Gasteiger partial charge in [-0.2, -0.15) is 0 Å². The summed E-state index contributed by atoms with van der Waals surface area (Å²) in [6.45, 7) is 2.20. The van der Waals surface area contributed by atoms with Crippen LogP contribution in [0.3, 0.4) is 0 Å². The van der Waals surface area contributed by atoms with Crippen molar-refractivity contribution in [1.29, 1.82) is 0 Å². The number of halogens is 2. The first-order valence-electron chi connectivity index (χ1n) is 7.08. The van der Waals surface area contributed by atoms with Crippen LogP contribution in [0.25, 0.3) is 0 Å². The Labute approximate surface area is 120 Å². The van der Waals surface area contributed by atoms with Gasteiger partial charge in [-0.25, -0.2) is 4.39 Å². The molecule has 0 aromatic heterocycles. The second-order valence-electron chi connectivity index (χ2n) is 4.98. The van der Waals surface area contributed by atoms with Gasteiger partial charge in [0, 0.05) is 6.04 Å². The first-order chi connectivity index (χ1) is 9.19. The zero-order chi connectivity index (χ0) is 14.1. The summed E-state index contributed by atoms with van der Waals surface area (Å²) in [7, 11) is 0. The van der Waals surface area contributed by atoms with Crippen molar-refractivity contribution in [2.75, 3.05) is 0 Å². The maximum absolute atomic E-state index is 13.3. The third kappa shape index (κ3) is 5.89. The average molecular weight is 287 g/mol. The van der Waals surface area contributed by atoms with Crippen molar-refractivity contribution in [2.45, 2.75) is 57.9 Å². The maximum Gasteiger partial charge on any atom is 0.142 e. The molecule has 1 atom stereocenters. The lowest BCUT2D eigenvalue weighted by molar-refractivity contribution is 0.460. The Kier molecular flexibility index (Phi) is 8.03. The molecule has 1 unspecified atom stereocenters. The normalized spacial score (nSPS) is 12.6. The van der Waals surface area contributed by atoms with E-state index in [0.717, 1.165) is 18.4 Å². The van der Waals surface area contributed by atoms with Crippen molar-refractivity contribution in [3.63, 3.8) is 0 Å². The zero-order valence-electron chi connectivity index (χ0n) is 11.6. The van der Waals surface area contributed by atoms with Gasteiger partial charge in [-0.05, 0) is 24.5 Å². The highest BCUT2D eigenvalue weighted by Crippen LogP contribution is 2.22. The zero-order valence-corrected chi connectivity index (χ0v) is 12.3. The lowest BCUT2D eigenvalue weighted by Crippen LogP contribution is -2.36. The molecule has 4 heteroatoms. The number of hydrogen-bond donors (Lipinski definition) is 2. The van der Waals surface area contributed by atoms with Crippen LogP contribution in [0.15, 0.2) is 18.2 Å². The molecule has 0 aliphatic rings. The first-order valence-corrected chi connectivity index (χ1v) is 7.45. The van der Waals surface area contributed by atoms with E-state index in [2.05, 4.69) is 12.3 Å². The SMILES string of the molecule is CCCCCCCC(Cc1cccc(F)c1Cl)NN. The molecule has 0 heterocycles. The summed E-state index contributed by atoms with van der Waals surface area (Å²) in [5.41, 5.74) is 3.62. The van der Waals surface area contributed by atoms with Crippen LogP contribution in [0.2, 0.25) is 5.02 Å². The molecule has 3 N–H and O–H groups in total. The third-order valence-electron chi connectivity index (χ3n) is 3.39. The van der Waals surface area contributed by atoms with Crippen LogP contribution >= 0.6 is 11.6 Å². The van der Waals surface area contributed by atoms with E-state index in [1.54, 1.807) is 6.07 Å². The minimum Gasteiger partial charge on any atom is -0.271 e. The molecule has 0 spiro atoms. The van der Waals surface area contributed by atoms with Crippen molar-refractivity contribution in [2.24, 2.45) is 5.84 Å². The molecular formula is C15H24ClFN2. The number of hydrazine groups is 1. The average Bonchev–Trinajstić information content (AvgIpc) is 2.42. The van der Waals surface area contributed by atoms with Crippen molar-refractivity contribution < 1.29 is 4.39 Å². The molecular weight excluding hydrogens is 263 g/mol. The van der Waals surface area contributed by atoms with Gasteiger partial charge in [0.2, 0.25) is 0 Å². The molecule has 0 aliphatic heterocycles. The van der Waals surface area contributed by atoms with E-state index in [-0.39, 0.29) is 16.9 Å². The van der Waals surface area contributed by atoms with Gasteiger partial charge in [-0.1, -0.05) is 62.8 Å². The van der Waals surface area contributed by atoms with Crippen molar-refractivity contribution in [3.8, 4) is 0 Å². The molecule has 0 radical (unpaired) electrons. The summed E-state index contributed by atoms with van der Waals surface area (Å²) >= 11 is 5.95. The lowest BCUT2D eigenvalue weighted by Gasteiger charge is -2.16. The standard InChI is InChI=1S/C15H24ClFN2/c1-2-3-4-5-6-9-13(19-18)11-12-8-7-10-14(17)15(12)16/h7-8,10,13,19H,2-6,9,11,18H2,1H3. The van der Waals surface area contributed by atoms with E-state index < -0.39 is 0 Å². The molecule has 0 bridgehead atoms. The van der Waals surface area contributed by atoms with Gasteiger partial charge in [0.05, 0.1) is 5.02 Å². The van der Waals surface area contributed by atoms with Crippen LogP contribution in [0.5, 0.6) is 0 Å². The van der Waals surface area contributed by atoms with Crippen molar-refractivity contribution in [1.82, 2.24) is 5.43 Å². The number of nitrogens with two attached hydrogens (primary N) is 1. The van der Waals surface area contributed by atoms with E-state index in [1.165, 1.54) is 31.7 Å². The first kappa shape index (κ1) is 16.4. The van der Waals surface area contributed by atoms with Gasteiger partial charge in [-0.15, -0.1) is 0 Å². The summed E-state index contributed by atoms with van der Waals surface area (Å²) in [5.74, 6) is 5.20. The number of rotatable bonds is 9. The summed E-state index contributed by atoms with van der Waals surface area (Å²) in [4.78, 5) is 0. The summed E-state index contributed by atoms with van der Waals surface area (Å²) in [6.07, 6.45) is 7.83. The van der Waals surface area contributed by atoms with E-state index in [1.807, 2.05) is 6.07 Å². The second-order valence-corrected chi connectivity index (χ2v) is 5.36. The summed E-state index contributed by atoms with van der Waals surface area (Å²) < 4.78 is 13.3. The number of nitrogens with one attached hydrogen (secondary N) is 1. The Morgan fingerprint density at radius 1 is 1.26 bits per heavy atom. The quantitative estimate of drug-likeness (QED) is 0.405. The molecule has 0 amide bonds. The van der Waals surface area contributed by atoms with E-state index in [0.29, 0.717) is 6.42 Å². The van der Waals surface area contributed by atoms with Crippen LogP contribution in [-0.2, 0) is 6.42 Å².